The molecule has 106 valence electrons. The summed E-state index contributed by atoms with van der Waals surface area (Å²) in [7, 11) is 0. The van der Waals surface area contributed by atoms with Crippen molar-refractivity contribution in [2.45, 2.75) is 58.0 Å². The summed E-state index contributed by atoms with van der Waals surface area (Å²) < 4.78 is 12.0. The van der Waals surface area contributed by atoms with Crippen molar-refractivity contribution in [3.05, 3.63) is 0 Å². The monoisotopic (exact) mass is 256 g/mol. The SMILES string of the molecule is CC(C)N1CCC(C2(C)OCC(CCN)O2)CC1. The highest BCUT2D eigenvalue weighted by atomic mass is 16.7. The number of likely N-dealkylation sites (tertiary alicyclic amines) is 1. The van der Waals surface area contributed by atoms with Crippen LogP contribution in [0.15, 0.2) is 0 Å². The lowest BCUT2D eigenvalue weighted by Gasteiger charge is -2.40. The Bertz CT molecular complexity index is 265. The quantitative estimate of drug-likeness (QED) is 0.830. The fourth-order valence-corrected chi connectivity index (χ4v) is 3.14. The average Bonchev–Trinajstić information content (AvgIpc) is 2.73. The summed E-state index contributed by atoms with van der Waals surface area (Å²) in [4.78, 5) is 2.53. The molecule has 0 aliphatic carbocycles. The first-order chi connectivity index (χ1) is 8.55. The molecular formula is C14H28N2O2. The highest BCUT2D eigenvalue weighted by molar-refractivity contribution is 4.86. The first kappa shape index (κ1) is 14.3. The van der Waals surface area contributed by atoms with Gasteiger partial charge < -0.3 is 20.1 Å². The van der Waals surface area contributed by atoms with Crippen molar-refractivity contribution < 1.29 is 9.47 Å². The van der Waals surface area contributed by atoms with Crippen LogP contribution in [0.4, 0.5) is 0 Å². The molecule has 0 bridgehead atoms. The molecule has 0 aromatic rings. The molecular weight excluding hydrogens is 228 g/mol. The molecule has 18 heavy (non-hydrogen) atoms. The normalized spacial score (nSPS) is 35.5. The molecule has 2 aliphatic heterocycles. The van der Waals surface area contributed by atoms with Gasteiger partial charge in [-0.3, -0.25) is 0 Å². The van der Waals surface area contributed by atoms with Crippen molar-refractivity contribution >= 4 is 0 Å². The third-order valence-corrected chi connectivity index (χ3v) is 4.45. The number of rotatable bonds is 4. The minimum Gasteiger partial charge on any atom is -0.347 e. The molecule has 0 spiro atoms. The van der Waals surface area contributed by atoms with E-state index in [1.54, 1.807) is 0 Å². The molecule has 2 N–H and O–H groups in total. The summed E-state index contributed by atoms with van der Waals surface area (Å²) in [5, 5.41) is 0. The van der Waals surface area contributed by atoms with Gasteiger partial charge in [-0.2, -0.15) is 0 Å². The van der Waals surface area contributed by atoms with Crippen LogP contribution in [0.1, 0.15) is 40.0 Å². The number of piperidine rings is 1. The Labute approximate surface area is 111 Å². The van der Waals surface area contributed by atoms with Crippen molar-refractivity contribution in [3.63, 3.8) is 0 Å². The number of hydrogen-bond acceptors (Lipinski definition) is 4. The lowest BCUT2D eigenvalue weighted by atomic mass is 9.89. The molecule has 4 nitrogen and oxygen atoms in total. The van der Waals surface area contributed by atoms with Gasteiger partial charge >= 0.3 is 0 Å². The summed E-state index contributed by atoms with van der Waals surface area (Å²) in [6, 6.07) is 0.647. The summed E-state index contributed by atoms with van der Waals surface area (Å²) in [6.07, 6.45) is 3.44. The van der Waals surface area contributed by atoms with Gasteiger partial charge in [0, 0.05) is 12.0 Å². The van der Waals surface area contributed by atoms with E-state index in [0.29, 0.717) is 25.1 Å². The smallest absolute Gasteiger partial charge is 0.168 e. The molecule has 2 saturated heterocycles. The van der Waals surface area contributed by atoms with Gasteiger partial charge in [-0.1, -0.05) is 0 Å². The Hall–Kier alpha value is -0.160. The maximum absolute atomic E-state index is 6.10. The molecule has 0 aromatic heterocycles. The topological polar surface area (TPSA) is 47.7 Å². The second-order valence-electron chi connectivity index (χ2n) is 6.05. The Morgan fingerprint density at radius 2 is 2.00 bits per heavy atom. The number of hydrogen-bond donors (Lipinski definition) is 1. The van der Waals surface area contributed by atoms with Crippen molar-refractivity contribution in [2.24, 2.45) is 11.7 Å². The number of ether oxygens (including phenoxy) is 2. The largest absolute Gasteiger partial charge is 0.347 e. The van der Waals surface area contributed by atoms with Gasteiger partial charge in [-0.05, 0) is 59.7 Å². The van der Waals surface area contributed by atoms with Crippen LogP contribution in [0, 0.1) is 5.92 Å². The second-order valence-corrected chi connectivity index (χ2v) is 6.05. The van der Waals surface area contributed by atoms with Gasteiger partial charge in [0.2, 0.25) is 0 Å². The Morgan fingerprint density at radius 3 is 2.56 bits per heavy atom. The van der Waals surface area contributed by atoms with E-state index in [1.807, 2.05) is 0 Å². The molecule has 0 saturated carbocycles. The Morgan fingerprint density at radius 1 is 1.33 bits per heavy atom. The first-order valence-electron chi connectivity index (χ1n) is 7.31. The van der Waals surface area contributed by atoms with E-state index >= 15 is 0 Å². The number of nitrogens with two attached hydrogens (primary N) is 1. The van der Waals surface area contributed by atoms with E-state index in [2.05, 4.69) is 25.7 Å². The van der Waals surface area contributed by atoms with Crippen LogP contribution < -0.4 is 5.73 Å². The molecule has 2 atom stereocenters. The van der Waals surface area contributed by atoms with E-state index in [0.717, 1.165) is 19.5 Å². The zero-order chi connectivity index (χ0) is 13.2. The van der Waals surface area contributed by atoms with Gasteiger partial charge in [-0.15, -0.1) is 0 Å². The van der Waals surface area contributed by atoms with Crippen molar-refractivity contribution in [1.29, 1.82) is 0 Å². The van der Waals surface area contributed by atoms with Crippen LogP contribution in [0.2, 0.25) is 0 Å². The lowest BCUT2D eigenvalue weighted by molar-refractivity contribution is -0.201. The first-order valence-corrected chi connectivity index (χ1v) is 7.31. The molecule has 2 fully saturated rings. The Balaban J connectivity index is 1.85. The standard InChI is InChI=1S/C14H28N2O2/c1-11(2)16-8-5-12(6-9-16)14(3)17-10-13(18-14)4-7-15/h11-13H,4-10,15H2,1-3H3. The van der Waals surface area contributed by atoms with Crippen LogP contribution in [-0.2, 0) is 9.47 Å². The Kier molecular flexibility index (Phi) is 4.64. The van der Waals surface area contributed by atoms with Gasteiger partial charge in [0.1, 0.15) is 0 Å². The lowest BCUT2D eigenvalue weighted by Crippen LogP contribution is -2.46. The zero-order valence-corrected chi connectivity index (χ0v) is 12.0. The predicted octanol–water partition coefficient (Wildman–Crippen LogP) is 1.59. The third kappa shape index (κ3) is 3.05. The van der Waals surface area contributed by atoms with Gasteiger partial charge in [-0.25, -0.2) is 0 Å². The molecule has 2 heterocycles. The van der Waals surface area contributed by atoms with E-state index in [4.69, 9.17) is 15.2 Å². The summed E-state index contributed by atoms with van der Waals surface area (Å²) in [5.41, 5.74) is 5.58. The van der Waals surface area contributed by atoms with Gasteiger partial charge in [0.15, 0.2) is 5.79 Å². The molecule has 2 unspecified atom stereocenters. The van der Waals surface area contributed by atoms with E-state index in [1.165, 1.54) is 12.8 Å². The summed E-state index contributed by atoms with van der Waals surface area (Å²) in [5.74, 6) is 0.151. The minimum absolute atomic E-state index is 0.197. The molecule has 2 rings (SSSR count). The second kappa shape index (κ2) is 5.87. The van der Waals surface area contributed by atoms with Crippen molar-refractivity contribution in [3.8, 4) is 0 Å². The summed E-state index contributed by atoms with van der Waals surface area (Å²) in [6.45, 7) is 10.3. The fraction of sp³-hybridized carbons (Fsp3) is 1.00. The van der Waals surface area contributed by atoms with Crippen LogP contribution in [0.25, 0.3) is 0 Å². The molecule has 0 aromatic carbocycles. The maximum atomic E-state index is 6.10. The van der Waals surface area contributed by atoms with Gasteiger partial charge in [0.05, 0.1) is 12.7 Å². The molecule has 0 radical (unpaired) electrons. The van der Waals surface area contributed by atoms with Crippen LogP contribution >= 0.6 is 0 Å². The van der Waals surface area contributed by atoms with E-state index < -0.39 is 0 Å². The van der Waals surface area contributed by atoms with E-state index in [9.17, 15) is 0 Å². The highest BCUT2D eigenvalue weighted by Gasteiger charge is 2.44. The van der Waals surface area contributed by atoms with Crippen molar-refractivity contribution in [2.75, 3.05) is 26.2 Å². The minimum atomic E-state index is -0.372. The maximum Gasteiger partial charge on any atom is 0.168 e. The zero-order valence-electron chi connectivity index (χ0n) is 12.0. The molecule has 0 amide bonds. The van der Waals surface area contributed by atoms with Gasteiger partial charge in [0.25, 0.3) is 0 Å². The third-order valence-electron chi connectivity index (χ3n) is 4.45. The highest BCUT2D eigenvalue weighted by Crippen LogP contribution is 2.37. The van der Waals surface area contributed by atoms with Crippen LogP contribution in [0.3, 0.4) is 0 Å². The van der Waals surface area contributed by atoms with Crippen LogP contribution in [-0.4, -0.2) is 49.1 Å². The van der Waals surface area contributed by atoms with E-state index in [-0.39, 0.29) is 11.9 Å². The summed E-state index contributed by atoms with van der Waals surface area (Å²) >= 11 is 0. The number of nitrogens with zero attached hydrogens (tertiary/aromatic N) is 1. The fourth-order valence-electron chi connectivity index (χ4n) is 3.14. The van der Waals surface area contributed by atoms with Crippen LogP contribution in [0.5, 0.6) is 0 Å². The van der Waals surface area contributed by atoms with Crippen molar-refractivity contribution in [1.82, 2.24) is 4.90 Å². The predicted molar refractivity (Wildman–Crippen MR) is 72.3 cm³/mol. The molecule has 2 aliphatic rings. The molecule has 4 heteroatoms. The average molecular weight is 256 g/mol.